The molecule has 0 heterocycles. The van der Waals surface area contributed by atoms with Crippen LogP contribution in [0.5, 0.6) is 0 Å². The van der Waals surface area contributed by atoms with Crippen LogP contribution in [0.3, 0.4) is 0 Å². The Morgan fingerprint density at radius 1 is 0.778 bits per heavy atom. The molecule has 0 amide bonds. The zero-order chi connectivity index (χ0) is 26.2. The van der Waals surface area contributed by atoms with E-state index in [4.69, 9.17) is 4.74 Å². The molecule has 2 aliphatic rings. The van der Waals surface area contributed by atoms with Crippen LogP contribution in [-0.2, 0) is 9.53 Å². The van der Waals surface area contributed by atoms with Gasteiger partial charge in [-0.3, -0.25) is 4.79 Å². The lowest BCUT2D eigenvalue weighted by Crippen LogP contribution is -2.24. The standard InChI is InChI=1S/C31H58O5/c1-3-5-6-7-8-9-12-15-20-36-31(35)17-14-11-10-13-16-27-28(30(34)23-29(27)33)19-18-26(32)22-25-21-24(25)4-2/h24-30,32-34H,3-23H2,1-2H3/t24?,25?,26?,27-,28-,29+,30-/m1/s1. The van der Waals surface area contributed by atoms with Crippen molar-refractivity contribution >= 4 is 5.97 Å². The molecule has 2 rings (SSSR count). The maximum absolute atomic E-state index is 11.9. The Morgan fingerprint density at radius 3 is 2.06 bits per heavy atom. The van der Waals surface area contributed by atoms with E-state index in [1.165, 1.54) is 51.4 Å². The highest BCUT2D eigenvalue weighted by atomic mass is 16.5. The van der Waals surface area contributed by atoms with Gasteiger partial charge < -0.3 is 20.1 Å². The Hall–Kier alpha value is -0.650. The van der Waals surface area contributed by atoms with E-state index in [0.717, 1.165) is 70.1 Å². The second-order valence-electron chi connectivity index (χ2n) is 12.0. The first-order valence-corrected chi connectivity index (χ1v) is 15.7. The van der Waals surface area contributed by atoms with E-state index in [0.29, 0.717) is 25.4 Å². The van der Waals surface area contributed by atoms with E-state index in [1.807, 2.05) is 0 Å². The predicted molar refractivity (Wildman–Crippen MR) is 147 cm³/mol. The number of carbonyl (C=O) groups is 1. The van der Waals surface area contributed by atoms with Gasteiger partial charge in [-0.1, -0.05) is 84.5 Å². The van der Waals surface area contributed by atoms with E-state index in [-0.39, 0.29) is 23.9 Å². The fraction of sp³-hybridized carbons (Fsp3) is 0.968. The van der Waals surface area contributed by atoms with Crippen LogP contribution >= 0.6 is 0 Å². The Morgan fingerprint density at radius 2 is 1.39 bits per heavy atom. The normalized spacial score (nSPS) is 28.4. The van der Waals surface area contributed by atoms with Gasteiger partial charge in [-0.15, -0.1) is 0 Å². The van der Waals surface area contributed by atoms with E-state index in [1.54, 1.807) is 0 Å². The minimum atomic E-state index is -0.447. The van der Waals surface area contributed by atoms with Gasteiger partial charge >= 0.3 is 5.97 Å². The lowest BCUT2D eigenvalue weighted by molar-refractivity contribution is -0.143. The summed E-state index contributed by atoms with van der Waals surface area (Å²) in [6.07, 6.45) is 19.6. The number of rotatable bonds is 22. The highest BCUT2D eigenvalue weighted by molar-refractivity contribution is 5.69. The van der Waals surface area contributed by atoms with Crippen LogP contribution in [0.25, 0.3) is 0 Å². The van der Waals surface area contributed by atoms with Crippen molar-refractivity contribution in [1.29, 1.82) is 0 Å². The third-order valence-electron chi connectivity index (χ3n) is 8.95. The average Bonchev–Trinajstić information content (AvgIpc) is 3.55. The summed E-state index contributed by atoms with van der Waals surface area (Å²) in [5.41, 5.74) is 0. The topological polar surface area (TPSA) is 87.0 Å². The number of hydrogen-bond donors (Lipinski definition) is 3. The number of unbranched alkanes of at least 4 members (excludes halogenated alkanes) is 10. The third kappa shape index (κ3) is 12.7. The number of carbonyl (C=O) groups excluding carboxylic acids is 1. The SMILES string of the molecule is CCCCCCCCCCOC(=O)CCCCCC[C@@H]1[C@@H](CCC(O)CC2CC2CC)[C@H](O)C[C@@H]1O. The van der Waals surface area contributed by atoms with Gasteiger partial charge in [-0.2, -0.15) is 0 Å². The zero-order valence-electron chi connectivity index (χ0n) is 23.5. The number of esters is 1. The quantitative estimate of drug-likeness (QED) is 0.108. The Bertz CT molecular complexity index is 567. The number of aliphatic hydroxyl groups excluding tert-OH is 3. The fourth-order valence-corrected chi connectivity index (χ4v) is 6.43. The molecule has 0 aromatic rings. The van der Waals surface area contributed by atoms with Crippen molar-refractivity contribution in [3.8, 4) is 0 Å². The molecule has 0 spiro atoms. The molecule has 2 fully saturated rings. The molecule has 212 valence electrons. The molecule has 0 aromatic heterocycles. The molecule has 0 aromatic carbocycles. The van der Waals surface area contributed by atoms with Crippen LogP contribution in [0.1, 0.15) is 142 Å². The van der Waals surface area contributed by atoms with Crippen LogP contribution < -0.4 is 0 Å². The second kappa shape index (κ2) is 18.6. The van der Waals surface area contributed by atoms with E-state index >= 15 is 0 Å². The Labute approximate surface area is 221 Å². The van der Waals surface area contributed by atoms with E-state index in [2.05, 4.69) is 13.8 Å². The molecule has 5 heteroatoms. The predicted octanol–water partition coefficient (Wildman–Crippen LogP) is 6.95. The van der Waals surface area contributed by atoms with Crippen LogP contribution in [0, 0.1) is 23.7 Å². The maximum atomic E-state index is 11.9. The third-order valence-corrected chi connectivity index (χ3v) is 8.95. The van der Waals surface area contributed by atoms with Gasteiger partial charge in [0.05, 0.1) is 24.9 Å². The van der Waals surface area contributed by atoms with Gasteiger partial charge in [0.2, 0.25) is 0 Å². The summed E-state index contributed by atoms with van der Waals surface area (Å²) in [6, 6.07) is 0. The first-order chi connectivity index (χ1) is 17.5. The van der Waals surface area contributed by atoms with Gasteiger partial charge in [-0.05, 0) is 75.0 Å². The van der Waals surface area contributed by atoms with Crippen LogP contribution in [0.15, 0.2) is 0 Å². The summed E-state index contributed by atoms with van der Waals surface area (Å²) in [5.74, 6) is 1.67. The molecule has 2 saturated carbocycles. The van der Waals surface area contributed by atoms with Gasteiger partial charge in [0.15, 0.2) is 0 Å². The highest BCUT2D eigenvalue weighted by Crippen LogP contribution is 2.45. The van der Waals surface area contributed by atoms with Crippen molar-refractivity contribution in [3.05, 3.63) is 0 Å². The summed E-state index contributed by atoms with van der Waals surface area (Å²) in [4.78, 5) is 11.9. The number of aliphatic hydroxyl groups is 3. The van der Waals surface area contributed by atoms with Gasteiger partial charge in [0, 0.05) is 6.42 Å². The molecule has 0 bridgehead atoms. The molecular formula is C31H58O5. The van der Waals surface area contributed by atoms with Crippen molar-refractivity contribution in [3.63, 3.8) is 0 Å². The van der Waals surface area contributed by atoms with E-state index < -0.39 is 12.2 Å². The molecule has 0 radical (unpaired) electrons. The summed E-state index contributed by atoms with van der Waals surface area (Å²) >= 11 is 0. The smallest absolute Gasteiger partial charge is 0.305 e. The van der Waals surface area contributed by atoms with Crippen molar-refractivity contribution < 1.29 is 24.9 Å². The van der Waals surface area contributed by atoms with Gasteiger partial charge in [0.25, 0.3) is 0 Å². The molecule has 36 heavy (non-hydrogen) atoms. The van der Waals surface area contributed by atoms with Crippen LogP contribution in [0.2, 0.25) is 0 Å². The number of ether oxygens (including phenoxy) is 1. The van der Waals surface area contributed by atoms with Crippen LogP contribution in [-0.4, -0.2) is 46.2 Å². The summed E-state index contributed by atoms with van der Waals surface area (Å²) in [5, 5.41) is 31.4. The molecule has 3 unspecified atom stereocenters. The Kier molecular flexibility index (Phi) is 16.3. The van der Waals surface area contributed by atoms with Crippen molar-refractivity contribution in [2.75, 3.05) is 6.61 Å². The van der Waals surface area contributed by atoms with Crippen molar-refractivity contribution in [1.82, 2.24) is 0 Å². The van der Waals surface area contributed by atoms with Gasteiger partial charge in [-0.25, -0.2) is 0 Å². The van der Waals surface area contributed by atoms with Gasteiger partial charge in [0.1, 0.15) is 0 Å². The lowest BCUT2D eigenvalue weighted by atomic mass is 9.84. The minimum Gasteiger partial charge on any atom is -0.466 e. The Balaban J connectivity index is 1.47. The first-order valence-electron chi connectivity index (χ1n) is 15.7. The molecule has 2 aliphatic carbocycles. The fourth-order valence-electron chi connectivity index (χ4n) is 6.43. The molecule has 0 saturated heterocycles. The van der Waals surface area contributed by atoms with Crippen LogP contribution in [0.4, 0.5) is 0 Å². The summed E-state index contributed by atoms with van der Waals surface area (Å²) in [6.45, 7) is 5.03. The first kappa shape index (κ1) is 31.6. The minimum absolute atomic E-state index is 0.0673. The largest absolute Gasteiger partial charge is 0.466 e. The number of hydrogen-bond acceptors (Lipinski definition) is 5. The average molecular weight is 511 g/mol. The lowest BCUT2D eigenvalue weighted by Gasteiger charge is -2.24. The molecule has 3 N–H and O–H groups in total. The monoisotopic (exact) mass is 510 g/mol. The molecule has 7 atom stereocenters. The maximum Gasteiger partial charge on any atom is 0.305 e. The van der Waals surface area contributed by atoms with Crippen molar-refractivity contribution in [2.45, 2.75) is 161 Å². The van der Waals surface area contributed by atoms with Crippen molar-refractivity contribution in [2.24, 2.45) is 23.7 Å². The zero-order valence-corrected chi connectivity index (χ0v) is 23.5. The molecule has 5 nitrogen and oxygen atoms in total. The van der Waals surface area contributed by atoms with E-state index in [9.17, 15) is 20.1 Å². The molecular weight excluding hydrogens is 452 g/mol. The molecule has 0 aliphatic heterocycles. The highest BCUT2D eigenvalue weighted by Gasteiger charge is 2.41. The second-order valence-corrected chi connectivity index (χ2v) is 12.0. The summed E-state index contributed by atoms with van der Waals surface area (Å²) < 4.78 is 5.38. The summed E-state index contributed by atoms with van der Waals surface area (Å²) in [7, 11) is 0.